The van der Waals surface area contributed by atoms with Gasteiger partial charge in [0.05, 0.1) is 0 Å². The zero-order valence-electron chi connectivity index (χ0n) is 14.2. The smallest absolute Gasteiger partial charge is 0.223 e. The molecule has 4 heteroatoms. The van der Waals surface area contributed by atoms with Crippen molar-refractivity contribution in [2.45, 2.75) is 25.8 Å². The predicted molar refractivity (Wildman–Crippen MR) is 93.4 cm³/mol. The molecule has 1 unspecified atom stereocenters. The minimum Gasteiger partial charge on any atom is -0.486 e. The quantitative estimate of drug-likeness (QED) is 0.843. The number of carbonyl (C=O) groups is 1. The van der Waals surface area contributed by atoms with Crippen LogP contribution >= 0.6 is 0 Å². The second-order valence-corrected chi connectivity index (χ2v) is 6.24. The molecule has 1 heterocycles. The molecule has 0 radical (unpaired) electrons. The van der Waals surface area contributed by atoms with Crippen LogP contribution in [0.2, 0.25) is 0 Å². The Balaban J connectivity index is 1.61. The fourth-order valence-electron chi connectivity index (χ4n) is 2.85. The molecule has 0 aromatic heterocycles. The van der Waals surface area contributed by atoms with Crippen LogP contribution in [0.25, 0.3) is 0 Å². The fourth-order valence-corrected chi connectivity index (χ4v) is 2.85. The van der Waals surface area contributed by atoms with Crippen molar-refractivity contribution in [1.29, 1.82) is 0 Å². The third-order valence-corrected chi connectivity index (χ3v) is 4.30. The molecule has 1 aliphatic rings. The maximum atomic E-state index is 12.5. The van der Waals surface area contributed by atoms with Crippen LogP contribution in [0.1, 0.15) is 30.4 Å². The highest BCUT2D eigenvalue weighted by Crippen LogP contribution is 2.34. The second kappa shape index (κ2) is 7.39. The van der Waals surface area contributed by atoms with E-state index in [2.05, 4.69) is 6.92 Å². The topological polar surface area (TPSA) is 38.8 Å². The highest BCUT2D eigenvalue weighted by molar-refractivity contribution is 5.76. The molecule has 2 aromatic carbocycles. The summed E-state index contributed by atoms with van der Waals surface area (Å²) < 4.78 is 11.2. The number of carbonyl (C=O) groups excluding carboxylic acids is 1. The average molecular weight is 325 g/mol. The zero-order valence-corrected chi connectivity index (χ0v) is 14.2. The molecule has 0 saturated carbocycles. The number of ether oxygens (including phenoxy) is 2. The van der Waals surface area contributed by atoms with Crippen molar-refractivity contribution >= 4 is 5.91 Å². The Morgan fingerprint density at radius 2 is 1.79 bits per heavy atom. The summed E-state index contributed by atoms with van der Waals surface area (Å²) in [5.41, 5.74) is 2.24. The lowest BCUT2D eigenvalue weighted by atomic mass is 9.96. The number of amides is 1. The summed E-state index contributed by atoms with van der Waals surface area (Å²) in [5.74, 6) is 1.83. The van der Waals surface area contributed by atoms with Crippen LogP contribution in [0.15, 0.2) is 48.5 Å². The Kier molecular flexibility index (Phi) is 5.04. The summed E-state index contributed by atoms with van der Waals surface area (Å²) in [4.78, 5) is 14.3. The first-order chi connectivity index (χ1) is 11.6. The number of benzene rings is 2. The first-order valence-corrected chi connectivity index (χ1v) is 8.31. The fraction of sp³-hybridized carbons (Fsp3) is 0.350. The van der Waals surface area contributed by atoms with Crippen molar-refractivity contribution in [3.63, 3.8) is 0 Å². The van der Waals surface area contributed by atoms with Gasteiger partial charge in [-0.25, -0.2) is 0 Å². The number of fused-ring (bicyclic) bond motifs is 1. The Morgan fingerprint density at radius 3 is 2.54 bits per heavy atom. The molecule has 1 aliphatic heterocycles. The van der Waals surface area contributed by atoms with Crippen LogP contribution in [0, 0.1) is 0 Å². The van der Waals surface area contributed by atoms with E-state index in [-0.39, 0.29) is 11.8 Å². The monoisotopic (exact) mass is 325 g/mol. The summed E-state index contributed by atoms with van der Waals surface area (Å²) in [7, 11) is 1.85. The van der Waals surface area contributed by atoms with Crippen molar-refractivity contribution < 1.29 is 14.3 Å². The van der Waals surface area contributed by atoms with E-state index >= 15 is 0 Å². The van der Waals surface area contributed by atoms with E-state index < -0.39 is 0 Å². The number of hydrogen-bond donors (Lipinski definition) is 0. The molecule has 1 atom stereocenters. The summed E-state index contributed by atoms with van der Waals surface area (Å²) in [6.45, 7) is 3.86. The van der Waals surface area contributed by atoms with Crippen molar-refractivity contribution in [3.8, 4) is 11.5 Å². The standard InChI is InChI=1S/C20H23NO3/c1-15(17-8-9-18-19(13-17)24-11-10-23-18)12-20(22)21(2)14-16-6-4-3-5-7-16/h3-9,13,15H,10-12,14H2,1-2H3. The minimum absolute atomic E-state index is 0.131. The van der Waals surface area contributed by atoms with Gasteiger partial charge in [-0.05, 0) is 29.2 Å². The molecular weight excluding hydrogens is 302 g/mol. The van der Waals surface area contributed by atoms with E-state index in [0.29, 0.717) is 26.2 Å². The van der Waals surface area contributed by atoms with E-state index in [1.807, 2.05) is 55.6 Å². The summed E-state index contributed by atoms with van der Waals surface area (Å²) >= 11 is 0. The van der Waals surface area contributed by atoms with Gasteiger partial charge < -0.3 is 14.4 Å². The Labute approximate surface area is 143 Å². The SMILES string of the molecule is CC(CC(=O)N(C)Cc1ccccc1)c1ccc2c(c1)OCCO2. The maximum Gasteiger partial charge on any atom is 0.223 e. The normalized spacial score (nSPS) is 14.1. The van der Waals surface area contributed by atoms with Gasteiger partial charge in [-0.2, -0.15) is 0 Å². The minimum atomic E-state index is 0.131. The molecule has 24 heavy (non-hydrogen) atoms. The van der Waals surface area contributed by atoms with E-state index in [1.54, 1.807) is 4.90 Å². The number of rotatable bonds is 5. The average Bonchev–Trinajstić information content (AvgIpc) is 2.62. The van der Waals surface area contributed by atoms with Gasteiger partial charge in [0.1, 0.15) is 13.2 Å². The van der Waals surface area contributed by atoms with Gasteiger partial charge in [0.2, 0.25) is 5.91 Å². The van der Waals surface area contributed by atoms with E-state index in [4.69, 9.17) is 9.47 Å². The van der Waals surface area contributed by atoms with Crippen LogP contribution < -0.4 is 9.47 Å². The summed E-state index contributed by atoms with van der Waals surface area (Å²) in [6.07, 6.45) is 0.475. The van der Waals surface area contributed by atoms with E-state index in [9.17, 15) is 4.79 Å². The number of hydrogen-bond acceptors (Lipinski definition) is 3. The van der Waals surface area contributed by atoms with Gasteiger partial charge in [-0.15, -0.1) is 0 Å². The van der Waals surface area contributed by atoms with Gasteiger partial charge in [0, 0.05) is 20.0 Å². The van der Waals surface area contributed by atoms with Crippen LogP contribution in [-0.4, -0.2) is 31.1 Å². The first-order valence-electron chi connectivity index (χ1n) is 8.31. The van der Waals surface area contributed by atoms with Gasteiger partial charge in [0.15, 0.2) is 11.5 Å². The molecule has 0 N–H and O–H groups in total. The molecule has 0 spiro atoms. The highest BCUT2D eigenvalue weighted by atomic mass is 16.6. The zero-order chi connectivity index (χ0) is 16.9. The maximum absolute atomic E-state index is 12.5. The lowest BCUT2D eigenvalue weighted by Gasteiger charge is -2.22. The highest BCUT2D eigenvalue weighted by Gasteiger charge is 2.18. The number of nitrogens with zero attached hydrogens (tertiary/aromatic N) is 1. The molecule has 0 fully saturated rings. The van der Waals surface area contributed by atoms with E-state index in [0.717, 1.165) is 22.6 Å². The van der Waals surface area contributed by atoms with Crippen LogP contribution in [0.3, 0.4) is 0 Å². The van der Waals surface area contributed by atoms with Gasteiger partial charge in [-0.3, -0.25) is 4.79 Å². The molecule has 3 rings (SSSR count). The molecule has 2 aromatic rings. The van der Waals surface area contributed by atoms with Crippen LogP contribution in [0.5, 0.6) is 11.5 Å². The predicted octanol–water partition coefficient (Wildman–Crippen LogP) is 3.61. The largest absolute Gasteiger partial charge is 0.486 e. The van der Waals surface area contributed by atoms with Crippen molar-refractivity contribution in [3.05, 3.63) is 59.7 Å². The van der Waals surface area contributed by atoms with E-state index in [1.165, 1.54) is 0 Å². The van der Waals surface area contributed by atoms with Crippen molar-refractivity contribution in [2.75, 3.05) is 20.3 Å². The van der Waals surface area contributed by atoms with Gasteiger partial charge >= 0.3 is 0 Å². The third kappa shape index (κ3) is 3.88. The molecule has 4 nitrogen and oxygen atoms in total. The summed E-state index contributed by atoms with van der Waals surface area (Å²) in [6, 6.07) is 16.0. The summed E-state index contributed by atoms with van der Waals surface area (Å²) in [5, 5.41) is 0. The van der Waals surface area contributed by atoms with Gasteiger partial charge in [0.25, 0.3) is 0 Å². The molecule has 0 saturated heterocycles. The first kappa shape index (κ1) is 16.4. The lowest BCUT2D eigenvalue weighted by Crippen LogP contribution is -2.27. The molecular formula is C20H23NO3. The third-order valence-electron chi connectivity index (χ3n) is 4.30. The van der Waals surface area contributed by atoms with Crippen molar-refractivity contribution in [2.24, 2.45) is 0 Å². The Hall–Kier alpha value is -2.49. The van der Waals surface area contributed by atoms with Gasteiger partial charge in [-0.1, -0.05) is 43.3 Å². The molecule has 126 valence electrons. The lowest BCUT2D eigenvalue weighted by molar-refractivity contribution is -0.130. The van der Waals surface area contributed by atoms with Crippen LogP contribution in [-0.2, 0) is 11.3 Å². The van der Waals surface area contributed by atoms with Crippen LogP contribution in [0.4, 0.5) is 0 Å². The Morgan fingerprint density at radius 1 is 1.08 bits per heavy atom. The molecule has 0 bridgehead atoms. The molecule has 1 amide bonds. The Bertz CT molecular complexity index is 699. The second-order valence-electron chi connectivity index (χ2n) is 6.24. The van der Waals surface area contributed by atoms with Crippen molar-refractivity contribution in [1.82, 2.24) is 4.90 Å². The molecule has 0 aliphatic carbocycles.